The van der Waals surface area contributed by atoms with Crippen LogP contribution in [0.1, 0.15) is 40.1 Å². The molecule has 2 amide bonds. The van der Waals surface area contributed by atoms with Gasteiger partial charge in [-0.05, 0) is 49.4 Å². The summed E-state index contributed by atoms with van der Waals surface area (Å²) in [5, 5.41) is 0. The fraction of sp³-hybridized carbons (Fsp3) is 0.375. The highest BCUT2D eigenvalue weighted by atomic mass is 16.5. The van der Waals surface area contributed by atoms with Crippen molar-refractivity contribution in [2.75, 3.05) is 44.2 Å². The van der Waals surface area contributed by atoms with Gasteiger partial charge in [-0.2, -0.15) is 0 Å². The molecule has 2 aromatic carbocycles. The molecule has 1 fully saturated rings. The molecule has 0 saturated carbocycles. The third-order valence-corrected chi connectivity index (χ3v) is 5.96. The molecule has 4 rings (SSSR count). The van der Waals surface area contributed by atoms with Gasteiger partial charge in [0.1, 0.15) is 5.75 Å². The molecule has 162 valence electrons. The quantitative estimate of drug-likeness (QED) is 0.694. The van der Waals surface area contributed by atoms with Crippen LogP contribution in [-0.2, 0) is 11.3 Å². The lowest BCUT2D eigenvalue weighted by molar-refractivity contribution is -0.121. The molecule has 7 nitrogen and oxygen atoms in total. The molecule has 0 atom stereocenters. The second-order valence-electron chi connectivity index (χ2n) is 7.93. The third kappa shape index (κ3) is 4.46. The van der Waals surface area contributed by atoms with Crippen LogP contribution in [0.5, 0.6) is 5.75 Å². The van der Waals surface area contributed by atoms with Crippen molar-refractivity contribution in [3.8, 4) is 5.75 Å². The Labute approximate surface area is 182 Å². The second-order valence-corrected chi connectivity index (χ2v) is 7.93. The normalized spacial score (nSPS) is 16.6. The van der Waals surface area contributed by atoms with Crippen molar-refractivity contribution in [2.45, 2.75) is 20.4 Å². The van der Waals surface area contributed by atoms with Gasteiger partial charge in [-0.3, -0.25) is 14.4 Å². The number of ether oxygens (including phenoxy) is 1. The molecule has 0 unspecified atom stereocenters. The maximum atomic E-state index is 12.8. The molecule has 31 heavy (non-hydrogen) atoms. The Bertz CT molecular complexity index is 994. The average molecular weight is 421 g/mol. The number of fused-ring (bicyclic) bond motifs is 1. The number of Topliss-reactive ketones (excluding diaryl/α,β-unsaturated/α-hetero) is 1. The molecule has 2 aliphatic rings. The Morgan fingerprint density at radius 3 is 2.29 bits per heavy atom. The van der Waals surface area contributed by atoms with E-state index in [0.29, 0.717) is 29.1 Å². The van der Waals surface area contributed by atoms with Gasteiger partial charge in [0.25, 0.3) is 11.8 Å². The van der Waals surface area contributed by atoms with Crippen LogP contribution < -0.4 is 9.64 Å². The first kappa shape index (κ1) is 21.1. The SMILES string of the molecule is CCN1CCN(C(=O)c2ccc(CN3C(=O)COc4ccc(C(C)=O)cc43)cc2)CC1. The van der Waals surface area contributed by atoms with Crippen LogP contribution in [0.3, 0.4) is 0 Å². The van der Waals surface area contributed by atoms with Gasteiger partial charge in [-0.25, -0.2) is 0 Å². The van der Waals surface area contributed by atoms with E-state index in [1.54, 1.807) is 23.1 Å². The predicted octanol–water partition coefficient (Wildman–Crippen LogP) is 2.59. The molecule has 2 aliphatic heterocycles. The van der Waals surface area contributed by atoms with Gasteiger partial charge >= 0.3 is 0 Å². The summed E-state index contributed by atoms with van der Waals surface area (Å²) in [6.07, 6.45) is 0. The van der Waals surface area contributed by atoms with Gasteiger partial charge in [-0.15, -0.1) is 0 Å². The number of benzene rings is 2. The molecule has 0 radical (unpaired) electrons. The molecule has 0 N–H and O–H groups in total. The first-order chi connectivity index (χ1) is 15.0. The van der Waals surface area contributed by atoms with Crippen molar-refractivity contribution in [2.24, 2.45) is 0 Å². The highest BCUT2D eigenvalue weighted by Crippen LogP contribution is 2.34. The number of hydrogen-bond donors (Lipinski definition) is 0. The molecule has 0 aromatic heterocycles. The summed E-state index contributed by atoms with van der Waals surface area (Å²) in [4.78, 5) is 43.0. The number of nitrogens with zero attached hydrogens (tertiary/aromatic N) is 3. The molecular weight excluding hydrogens is 394 g/mol. The second kappa shape index (κ2) is 8.89. The summed E-state index contributed by atoms with van der Waals surface area (Å²) in [6, 6.07) is 12.5. The van der Waals surface area contributed by atoms with E-state index in [0.717, 1.165) is 38.3 Å². The van der Waals surface area contributed by atoms with E-state index in [1.165, 1.54) is 6.92 Å². The van der Waals surface area contributed by atoms with Crippen LogP contribution in [0.4, 0.5) is 5.69 Å². The minimum Gasteiger partial charge on any atom is -0.482 e. The number of ketones is 1. The largest absolute Gasteiger partial charge is 0.482 e. The van der Waals surface area contributed by atoms with Gasteiger partial charge in [-0.1, -0.05) is 19.1 Å². The minimum atomic E-state index is -0.165. The van der Waals surface area contributed by atoms with Crippen LogP contribution in [0.25, 0.3) is 0 Å². The van der Waals surface area contributed by atoms with E-state index >= 15 is 0 Å². The van der Waals surface area contributed by atoms with Crippen molar-refractivity contribution in [3.05, 3.63) is 59.2 Å². The number of likely N-dealkylation sites (N-methyl/N-ethyl adjacent to an activating group) is 1. The molecule has 7 heteroatoms. The minimum absolute atomic E-state index is 0.0350. The zero-order valence-corrected chi connectivity index (χ0v) is 18.0. The first-order valence-corrected chi connectivity index (χ1v) is 10.6. The third-order valence-electron chi connectivity index (χ3n) is 5.96. The van der Waals surface area contributed by atoms with Crippen molar-refractivity contribution in [1.82, 2.24) is 9.80 Å². The summed E-state index contributed by atoms with van der Waals surface area (Å²) in [5.41, 5.74) is 2.69. The molecule has 1 saturated heterocycles. The smallest absolute Gasteiger partial charge is 0.265 e. The van der Waals surface area contributed by atoms with Crippen LogP contribution in [0.2, 0.25) is 0 Å². The summed E-state index contributed by atoms with van der Waals surface area (Å²) < 4.78 is 5.52. The Balaban J connectivity index is 1.48. The van der Waals surface area contributed by atoms with E-state index in [-0.39, 0.29) is 24.2 Å². The van der Waals surface area contributed by atoms with Crippen LogP contribution >= 0.6 is 0 Å². The maximum Gasteiger partial charge on any atom is 0.265 e. The number of carbonyl (C=O) groups excluding carboxylic acids is 3. The van der Waals surface area contributed by atoms with Gasteiger partial charge in [0.15, 0.2) is 12.4 Å². The Morgan fingerprint density at radius 1 is 0.968 bits per heavy atom. The Hall–Kier alpha value is -3.19. The van der Waals surface area contributed by atoms with Crippen molar-refractivity contribution < 1.29 is 19.1 Å². The maximum absolute atomic E-state index is 12.8. The topological polar surface area (TPSA) is 70.2 Å². The Kier molecular flexibility index (Phi) is 6.04. The molecule has 2 aromatic rings. The fourth-order valence-electron chi connectivity index (χ4n) is 3.98. The van der Waals surface area contributed by atoms with Gasteiger partial charge in [0.2, 0.25) is 0 Å². The van der Waals surface area contributed by atoms with E-state index in [2.05, 4.69) is 11.8 Å². The molecular formula is C24H27N3O4. The van der Waals surface area contributed by atoms with E-state index in [4.69, 9.17) is 4.74 Å². The summed E-state index contributed by atoms with van der Waals surface area (Å²) in [7, 11) is 0. The monoisotopic (exact) mass is 421 g/mol. The first-order valence-electron chi connectivity index (χ1n) is 10.6. The lowest BCUT2D eigenvalue weighted by atomic mass is 10.1. The zero-order chi connectivity index (χ0) is 22.0. The zero-order valence-electron chi connectivity index (χ0n) is 18.0. The fourth-order valence-corrected chi connectivity index (χ4v) is 3.98. The summed E-state index contributed by atoms with van der Waals surface area (Å²) in [6.45, 7) is 8.24. The van der Waals surface area contributed by atoms with Crippen molar-refractivity contribution in [1.29, 1.82) is 0 Å². The highest BCUT2D eigenvalue weighted by Gasteiger charge is 2.27. The average Bonchev–Trinajstić information content (AvgIpc) is 2.80. The van der Waals surface area contributed by atoms with Crippen molar-refractivity contribution in [3.63, 3.8) is 0 Å². The van der Waals surface area contributed by atoms with Gasteiger partial charge < -0.3 is 19.4 Å². The molecule has 0 spiro atoms. The number of anilines is 1. The molecule has 2 heterocycles. The standard InChI is InChI=1S/C24H27N3O4/c1-3-25-10-12-26(13-11-25)24(30)19-6-4-18(5-7-19)15-27-21-14-20(17(2)28)8-9-22(21)31-16-23(27)29/h4-9,14H,3,10-13,15-16H2,1-2H3. The number of amides is 2. The van der Waals surface area contributed by atoms with E-state index in [9.17, 15) is 14.4 Å². The summed E-state index contributed by atoms with van der Waals surface area (Å²) >= 11 is 0. The van der Waals surface area contributed by atoms with Crippen LogP contribution in [0, 0.1) is 0 Å². The molecule has 0 aliphatic carbocycles. The van der Waals surface area contributed by atoms with E-state index in [1.807, 2.05) is 29.2 Å². The lowest BCUT2D eigenvalue weighted by Crippen LogP contribution is -2.48. The number of carbonyl (C=O) groups is 3. The van der Waals surface area contributed by atoms with Crippen LogP contribution in [-0.4, -0.2) is 66.7 Å². The number of hydrogen-bond acceptors (Lipinski definition) is 5. The van der Waals surface area contributed by atoms with Crippen molar-refractivity contribution >= 4 is 23.3 Å². The highest BCUT2D eigenvalue weighted by molar-refractivity contribution is 6.01. The lowest BCUT2D eigenvalue weighted by Gasteiger charge is -2.34. The summed E-state index contributed by atoms with van der Waals surface area (Å²) in [5.74, 6) is 0.398. The van der Waals surface area contributed by atoms with Gasteiger partial charge in [0.05, 0.1) is 12.2 Å². The number of rotatable bonds is 5. The van der Waals surface area contributed by atoms with Crippen LogP contribution in [0.15, 0.2) is 42.5 Å². The van der Waals surface area contributed by atoms with Gasteiger partial charge in [0, 0.05) is 37.3 Å². The Morgan fingerprint density at radius 2 is 1.65 bits per heavy atom. The predicted molar refractivity (Wildman–Crippen MR) is 118 cm³/mol. The number of piperazine rings is 1. The van der Waals surface area contributed by atoms with E-state index < -0.39 is 0 Å². The molecule has 0 bridgehead atoms.